The number of ether oxygens (including phenoxy) is 1. The average molecular weight is 396 g/mol. The number of halogens is 1. The van der Waals surface area contributed by atoms with Crippen molar-refractivity contribution in [2.45, 2.75) is 13.0 Å². The van der Waals surface area contributed by atoms with Gasteiger partial charge < -0.3 is 15.4 Å². The van der Waals surface area contributed by atoms with Gasteiger partial charge in [0.1, 0.15) is 5.75 Å². The minimum Gasteiger partial charge on any atom is -0.496 e. The zero-order valence-corrected chi connectivity index (χ0v) is 16.1. The number of hydrogen-bond acceptors (Lipinski definition) is 4. The number of aromatic nitrogens is 2. The van der Waals surface area contributed by atoms with Gasteiger partial charge in [-0.05, 0) is 11.6 Å². The number of benzene rings is 2. The summed E-state index contributed by atoms with van der Waals surface area (Å²) >= 11 is 0. The third kappa shape index (κ3) is 4.78. The fourth-order valence-electron chi connectivity index (χ4n) is 2.84. The van der Waals surface area contributed by atoms with Gasteiger partial charge in [0.2, 0.25) is 5.91 Å². The van der Waals surface area contributed by atoms with Gasteiger partial charge in [0, 0.05) is 19.2 Å². The molecule has 0 fully saturated rings. The van der Waals surface area contributed by atoms with Gasteiger partial charge in [-0.25, -0.2) is 9.07 Å². The lowest BCUT2D eigenvalue weighted by molar-refractivity contribution is -0.115. The second-order valence-corrected chi connectivity index (χ2v) is 6.34. The van der Waals surface area contributed by atoms with Crippen LogP contribution >= 0.6 is 0 Å². The number of nitrogens with one attached hydrogen (secondary N) is 2. The van der Waals surface area contributed by atoms with Gasteiger partial charge in [-0.15, -0.1) is 0 Å². The van der Waals surface area contributed by atoms with Gasteiger partial charge in [0.05, 0.1) is 13.5 Å². The normalized spacial score (nSPS) is 10.4. The molecule has 150 valence electrons. The second-order valence-electron chi connectivity index (χ2n) is 6.34. The van der Waals surface area contributed by atoms with Gasteiger partial charge in [0.25, 0.3) is 5.91 Å². The molecule has 29 heavy (non-hydrogen) atoms. The van der Waals surface area contributed by atoms with Gasteiger partial charge in [-0.1, -0.05) is 48.5 Å². The largest absolute Gasteiger partial charge is 0.496 e. The monoisotopic (exact) mass is 396 g/mol. The molecular formula is C21H21FN4O3. The van der Waals surface area contributed by atoms with Crippen LogP contribution in [0.1, 0.15) is 21.6 Å². The number of hydrogen-bond donors (Lipinski definition) is 2. The van der Waals surface area contributed by atoms with E-state index < -0.39 is 23.3 Å². The Morgan fingerprint density at radius 3 is 2.52 bits per heavy atom. The Morgan fingerprint density at radius 1 is 1.10 bits per heavy atom. The van der Waals surface area contributed by atoms with Crippen molar-refractivity contribution in [3.63, 3.8) is 0 Å². The first-order valence-corrected chi connectivity index (χ1v) is 8.96. The van der Waals surface area contributed by atoms with E-state index in [1.54, 1.807) is 24.3 Å². The predicted octanol–water partition coefficient (Wildman–Crippen LogP) is 2.68. The average Bonchev–Trinajstić information content (AvgIpc) is 3.01. The molecule has 0 saturated carbocycles. The summed E-state index contributed by atoms with van der Waals surface area (Å²) in [6, 6.07) is 16.3. The molecule has 3 aromatic rings. The summed E-state index contributed by atoms with van der Waals surface area (Å²) < 4.78 is 21.1. The van der Waals surface area contributed by atoms with E-state index >= 15 is 0 Å². The quantitative estimate of drug-likeness (QED) is 0.643. The van der Waals surface area contributed by atoms with E-state index in [1.807, 2.05) is 30.3 Å². The van der Waals surface area contributed by atoms with E-state index in [-0.39, 0.29) is 18.8 Å². The highest BCUT2D eigenvalue weighted by molar-refractivity contribution is 5.96. The van der Waals surface area contributed by atoms with Crippen LogP contribution in [0.3, 0.4) is 0 Å². The van der Waals surface area contributed by atoms with Crippen LogP contribution < -0.4 is 15.4 Å². The number of carbonyl (C=O) groups excluding carboxylic acids is 2. The van der Waals surface area contributed by atoms with Crippen LogP contribution in [0.4, 0.5) is 10.2 Å². The van der Waals surface area contributed by atoms with Crippen molar-refractivity contribution in [2.24, 2.45) is 7.05 Å². The first-order valence-electron chi connectivity index (χ1n) is 8.96. The number of nitrogens with zero attached hydrogens (tertiary/aromatic N) is 2. The first kappa shape index (κ1) is 20.1. The Bertz CT molecular complexity index is 1020. The lowest BCUT2D eigenvalue weighted by Crippen LogP contribution is -2.24. The molecule has 0 unspecified atom stereocenters. The fourth-order valence-corrected chi connectivity index (χ4v) is 2.84. The highest BCUT2D eigenvalue weighted by atomic mass is 19.1. The molecule has 0 aliphatic heterocycles. The molecule has 1 heterocycles. The molecule has 0 aliphatic carbocycles. The molecule has 1 aromatic heterocycles. The van der Waals surface area contributed by atoms with Crippen LogP contribution in [0.25, 0.3) is 0 Å². The van der Waals surface area contributed by atoms with Crippen molar-refractivity contribution in [1.82, 2.24) is 15.1 Å². The molecule has 3 rings (SSSR count). The first-order chi connectivity index (χ1) is 14.0. The Morgan fingerprint density at radius 2 is 1.79 bits per heavy atom. The number of carbonyl (C=O) groups is 2. The molecule has 2 aromatic carbocycles. The SMILES string of the molecule is COc1ccccc1CNC(=O)c1nn(C)c(NC(=O)Cc2ccccc2)c1F. The van der Waals surface area contributed by atoms with E-state index in [9.17, 15) is 14.0 Å². The van der Waals surface area contributed by atoms with Crippen molar-refractivity contribution in [3.8, 4) is 5.75 Å². The molecule has 8 heteroatoms. The number of aryl methyl sites for hydroxylation is 1. The summed E-state index contributed by atoms with van der Waals surface area (Å²) in [5, 5.41) is 9.01. The second kappa shape index (κ2) is 9.01. The standard InChI is InChI=1S/C21H21FN4O3/c1-26-20(24-17(27)12-14-8-4-3-5-9-14)18(22)19(25-26)21(28)23-13-15-10-6-7-11-16(15)29-2/h3-11H,12-13H2,1-2H3,(H,23,28)(H,24,27). The molecular weight excluding hydrogens is 375 g/mol. The summed E-state index contributed by atoms with van der Waals surface area (Å²) in [4.78, 5) is 24.6. The summed E-state index contributed by atoms with van der Waals surface area (Å²) in [7, 11) is 2.99. The number of methoxy groups -OCH3 is 1. The number of rotatable bonds is 7. The number of anilines is 1. The number of para-hydroxylation sites is 1. The van der Waals surface area contributed by atoms with Crippen molar-refractivity contribution < 1.29 is 18.7 Å². The van der Waals surface area contributed by atoms with E-state index in [4.69, 9.17) is 4.74 Å². The molecule has 0 bridgehead atoms. The van der Waals surface area contributed by atoms with Gasteiger partial charge in [-0.2, -0.15) is 5.10 Å². The smallest absolute Gasteiger partial charge is 0.275 e. The van der Waals surface area contributed by atoms with Crippen LogP contribution in [0.5, 0.6) is 5.75 Å². The maximum absolute atomic E-state index is 14.7. The zero-order valence-electron chi connectivity index (χ0n) is 16.1. The maximum atomic E-state index is 14.7. The Labute approximate surface area is 167 Å². The van der Waals surface area contributed by atoms with E-state index in [0.29, 0.717) is 5.75 Å². The van der Waals surface area contributed by atoms with Gasteiger partial charge >= 0.3 is 0 Å². The molecule has 0 aliphatic rings. The van der Waals surface area contributed by atoms with Crippen LogP contribution in [0.15, 0.2) is 54.6 Å². The van der Waals surface area contributed by atoms with Crippen LogP contribution in [0.2, 0.25) is 0 Å². The third-order valence-corrected chi connectivity index (χ3v) is 4.30. The number of amides is 2. The van der Waals surface area contributed by atoms with Gasteiger partial charge in [0.15, 0.2) is 17.3 Å². The van der Waals surface area contributed by atoms with E-state index in [2.05, 4.69) is 15.7 Å². The van der Waals surface area contributed by atoms with E-state index in [1.165, 1.54) is 14.2 Å². The van der Waals surface area contributed by atoms with Crippen LogP contribution in [-0.2, 0) is 24.8 Å². The summed E-state index contributed by atoms with van der Waals surface area (Å²) in [6.07, 6.45) is 0.0841. The van der Waals surface area contributed by atoms with Crippen molar-refractivity contribution in [2.75, 3.05) is 12.4 Å². The van der Waals surface area contributed by atoms with Crippen molar-refractivity contribution >= 4 is 17.6 Å². The highest BCUT2D eigenvalue weighted by Gasteiger charge is 2.23. The van der Waals surface area contributed by atoms with Crippen LogP contribution in [-0.4, -0.2) is 28.7 Å². The third-order valence-electron chi connectivity index (χ3n) is 4.30. The van der Waals surface area contributed by atoms with Crippen molar-refractivity contribution in [3.05, 3.63) is 77.2 Å². The highest BCUT2D eigenvalue weighted by Crippen LogP contribution is 2.19. The van der Waals surface area contributed by atoms with E-state index in [0.717, 1.165) is 15.8 Å². The Balaban J connectivity index is 1.68. The lowest BCUT2D eigenvalue weighted by Gasteiger charge is -2.08. The molecule has 0 spiro atoms. The Hall–Kier alpha value is -3.68. The minimum atomic E-state index is -0.883. The molecule has 0 radical (unpaired) electrons. The molecule has 7 nitrogen and oxygen atoms in total. The summed E-state index contributed by atoms with van der Waals surface area (Å²) in [5.74, 6) is -1.52. The topological polar surface area (TPSA) is 85.2 Å². The van der Waals surface area contributed by atoms with Crippen LogP contribution in [0, 0.1) is 5.82 Å². The van der Waals surface area contributed by atoms with Gasteiger partial charge in [-0.3, -0.25) is 9.59 Å². The summed E-state index contributed by atoms with van der Waals surface area (Å²) in [6.45, 7) is 0.147. The fraction of sp³-hybridized carbons (Fsp3) is 0.190. The Kier molecular flexibility index (Phi) is 6.23. The van der Waals surface area contributed by atoms with Crippen molar-refractivity contribution in [1.29, 1.82) is 0 Å². The molecule has 0 saturated heterocycles. The molecule has 2 N–H and O–H groups in total. The summed E-state index contributed by atoms with van der Waals surface area (Å²) in [5.41, 5.74) is 1.15. The molecule has 0 atom stereocenters. The zero-order chi connectivity index (χ0) is 20.8. The molecule has 2 amide bonds. The maximum Gasteiger partial charge on any atom is 0.275 e. The lowest BCUT2D eigenvalue weighted by atomic mass is 10.1. The minimum absolute atomic E-state index is 0.0841. The predicted molar refractivity (Wildman–Crippen MR) is 106 cm³/mol.